The molecule has 0 aromatic heterocycles. The zero-order valence-corrected chi connectivity index (χ0v) is 11.1. The molecule has 0 aliphatic heterocycles. The Hall–Kier alpha value is -1.05. The first-order valence-electron chi connectivity index (χ1n) is 4.87. The molecule has 0 unspecified atom stereocenters. The van der Waals surface area contributed by atoms with Crippen molar-refractivity contribution in [2.45, 2.75) is 11.8 Å². The number of hydrogen-bond donors (Lipinski definition) is 1. The van der Waals surface area contributed by atoms with Crippen LogP contribution < -0.4 is 5.73 Å². The van der Waals surface area contributed by atoms with Gasteiger partial charge in [-0.2, -0.15) is 0 Å². The van der Waals surface area contributed by atoms with Crippen LogP contribution in [-0.2, 0) is 10.0 Å². The SMILES string of the molecule is CCN(C)S(=O)(=O)c1cccc(F)c1C(N)=S. The zero-order valence-electron chi connectivity index (χ0n) is 9.47. The molecule has 1 aromatic carbocycles. The van der Waals surface area contributed by atoms with Crippen LogP contribution >= 0.6 is 12.2 Å². The van der Waals surface area contributed by atoms with Crippen LogP contribution in [0.5, 0.6) is 0 Å². The molecule has 17 heavy (non-hydrogen) atoms. The molecule has 0 aliphatic carbocycles. The number of hydrogen-bond acceptors (Lipinski definition) is 3. The molecule has 1 rings (SSSR count). The van der Waals surface area contributed by atoms with Gasteiger partial charge in [0.1, 0.15) is 10.8 Å². The highest BCUT2D eigenvalue weighted by Crippen LogP contribution is 2.21. The third-order valence-electron chi connectivity index (χ3n) is 2.36. The molecule has 4 nitrogen and oxygen atoms in total. The quantitative estimate of drug-likeness (QED) is 0.837. The van der Waals surface area contributed by atoms with Gasteiger partial charge in [0.2, 0.25) is 10.0 Å². The van der Waals surface area contributed by atoms with Crippen LogP contribution in [0.1, 0.15) is 12.5 Å². The topological polar surface area (TPSA) is 63.4 Å². The average molecular weight is 276 g/mol. The maximum atomic E-state index is 13.5. The number of nitrogens with zero attached hydrogens (tertiary/aromatic N) is 1. The summed E-state index contributed by atoms with van der Waals surface area (Å²) in [4.78, 5) is -0.472. The van der Waals surface area contributed by atoms with E-state index in [9.17, 15) is 12.8 Å². The zero-order chi connectivity index (χ0) is 13.2. The minimum Gasteiger partial charge on any atom is -0.389 e. The Morgan fingerprint density at radius 2 is 2.12 bits per heavy atom. The van der Waals surface area contributed by atoms with E-state index in [-0.39, 0.29) is 22.0 Å². The van der Waals surface area contributed by atoms with Crippen molar-refractivity contribution in [3.05, 3.63) is 29.6 Å². The standard InChI is InChI=1S/C10H13FN2O2S2/c1-3-13(2)17(14,15)8-6-4-5-7(11)9(8)10(12)16/h4-6H,3H2,1-2H3,(H2,12,16). The first-order chi connectivity index (χ1) is 7.82. The van der Waals surface area contributed by atoms with Crippen molar-refractivity contribution >= 4 is 27.2 Å². The van der Waals surface area contributed by atoms with Crippen LogP contribution in [0.15, 0.2) is 23.1 Å². The number of halogens is 1. The van der Waals surface area contributed by atoms with E-state index in [4.69, 9.17) is 5.73 Å². The Morgan fingerprint density at radius 1 is 1.53 bits per heavy atom. The Labute approximate surface area is 105 Å². The van der Waals surface area contributed by atoms with Gasteiger partial charge >= 0.3 is 0 Å². The lowest BCUT2D eigenvalue weighted by atomic mass is 10.2. The third-order valence-corrected chi connectivity index (χ3v) is 4.53. The van der Waals surface area contributed by atoms with Gasteiger partial charge in [0.05, 0.1) is 10.5 Å². The maximum Gasteiger partial charge on any atom is 0.243 e. The first kappa shape index (κ1) is 14.0. The van der Waals surface area contributed by atoms with Gasteiger partial charge < -0.3 is 5.73 Å². The molecule has 2 N–H and O–H groups in total. The summed E-state index contributed by atoms with van der Waals surface area (Å²) < 4.78 is 38.8. The predicted octanol–water partition coefficient (Wildman–Crippen LogP) is 1.10. The molecule has 0 radical (unpaired) electrons. The van der Waals surface area contributed by atoms with Crippen molar-refractivity contribution in [1.29, 1.82) is 0 Å². The Bertz CT molecular complexity index is 543. The summed E-state index contributed by atoms with van der Waals surface area (Å²) in [7, 11) is -2.36. The molecule has 0 aliphatic rings. The first-order valence-corrected chi connectivity index (χ1v) is 6.71. The largest absolute Gasteiger partial charge is 0.389 e. The highest BCUT2D eigenvalue weighted by Gasteiger charge is 2.25. The summed E-state index contributed by atoms with van der Waals surface area (Å²) in [6.07, 6.45) is 0. The highest BCUT2D eigenvalue weighted by atomic mass is 32.2. The molecule has 0 bridgehead atoms. The van der Waals surface area contributed by atoms with Gasteiger partial charge in [0.15, 0.2) is 0 Å². The van der Waals surface area contributed by atoms with Gasteiger partial charge in [-0.05, 0) is 12.1 Å². The van der Waals surface area contributed by atoms with Gasteiger partial charge in [-0.25, -0.2) is 17.1 Å². The van der Waals surface area contributed by atoms with Crippen molar-refractivity contribution in [2.24, 2.45) is 5.73 Å². The summed E-state index contributed by atoms with van der Waals surface area (Å²) >= 11 is 4.68. The molecule has 0 fully saturated rings. The van der Waals surface area contributed by atoms with Crippen LogP contribution in [0.2, 0.25) is 0 Å². The molecule has 0 amide bonds. The van der Waals surface area contributed by atoms with Crippen molar-refractivity contribution in [3.8, 4) is 0 Å². The maximum absolute atomic E-state index is 13.5. The molecule has 7 heteroatoms. The second-order valence-corrected chi connectivity index (χ2v) is 5.85. The fourth-order valence-corrected chi connectivity index (χ4v) is 2.96. The lowest BCUT2D eigenvalue weighted by Crippen LogP contribution is -2.29. The number of rotatable bonds is 4. The van der Waals surface area contributed by atoms with E-state index in [0.717, 1.165) is 10.4 Å². The second-order valence-electron chi connectivity index (χ2n) is 3.40. The molecule has 0 atom stereocenters. The third kappa shape index (κ3) is 2.62. The summed E-state index contributed by atoms with van der Waals surface area (Å²) in [5.41, 5.74) is 5.13. The van der Waals surface area contributed by atoms with Crippen molar-refractivity contribution < 1.29 is 12.8 Å². The molecule has 1 aromatic rings. The van der Waals surface area contributed by atoms with E-state index in [0.29, 0.717) is 0 Å². The van der Waals surface area contributed by atoms with E-state index in [1.54, 1.807) is 6.92 Å². The van der Waals surface area contributed by atoms with Crippen LogP contribution in [0.3, 0.4) is 0 Å². The predicted molar refractivity (Wildman–Crippen MR) is 67.8 cm³/mol. The van der Waals surface area contributed by atoms with E-state index < -0.39 is 15.8 Å². The summed E-state index contributed by atoms with van der Waals surface area (Å²) in [6.45, 7) is 1.95. The number of thiocarbonyl (C=S) groups is 1. The van der Waals surface area contributed by atoms with Crippen LogP contribution in [-0.4, -0.2) is 31.3 Å². The molecule has 0 saturated carbocycles. The minimum absolute atomic E-state index is 0.200. The molecule has 0 spiro atoms. The van der Waals surface area contributed by atoms with E-state index in [2.05, 4.69) is 12.2 Å². The molecule has 0 saturated heterocycles. The van der Waals surface area contributed by atoms with Crippen LogP contribution in [0, 0.1) is 5.82 Å². The van der Waals surface area contributed by atoms with Gasteiger partial charge in [0, 0.05) is 13.6 Å². The number of nitrogens with two attached hydrogens (primary N) is 1. The number of benzene rings is 1. The fourth-order valence-electron chi connectivity index (χ4n) is 1.30. The minimum atomic E-state index is -3.76. The monoisotopic (exact) mass is 276 g/mol. The average Bonchev–Trinajstić information content (AvgIpc) is 2.26. The summed E-state index contributed by atoms with van der Waals surface area (Å²) in [5, 5.41) is 0. The second kappa shape index (κ2) is 5.07. The van der Waals surface area contributed by atoms with Gasteiger partial charge in [-0.15, -0.1) is 0 Å². The van der Waals surface area contributed by atoms with Crippen molar-refractivity contribution in [1.82, 2.24) is 4.31 Å². The number of sulfonamides is 1. The van der Waals surface area contributed by atoms with Crippen molar-refractivity contribution in [3.63, 3.8) is 0 Å². The van der Waals surface area contributed by atoms with E-state index >= 15 is 0 Å². The lowest BCUT2D eigenvalue weighted by Gasteiger charge is -2.17. The normalized spacial score (nSPS) is 11.8. The Morgan fingerprint density at radius 3 is 2.59 bits per heavy atom. The van der Waals surface area contributed by atoms with Crippen LogP contribution in [0.4, 0.5) is 4.39 Å². The molecule has 94 valence electrons. The lowest BCUT2D eigenvalue weighted by molar-refractivity contribution is 0.485. The molecule has 0 heterocycles. The Kier molecular flexibility index (Phi) is 4.18. The fraction of sp³-hybridized carbons (Fsp3) is 0.300. The highest BCUT2D eigenvalue weighted by molar-refractivity contribution is 7.89. The summed E-state index contributed by atoms with van der Waals surface area (Å²) in [5.74, 6) is -0.733. The molecular formula is C10H13FN2O2S2. The molecular weight excluding hydrogens is 263 g/mol. The van der Waals surface area contributed by atoms with Gasteiger partial charge in [0.25, 0.3) is 0 Å². The van der Waals surface area contributed by atoms with Crippen LogP contribution in [0.25, 0.3) is 0 Å². The van der Waals surface area contributed by atoms with Gasteiger partial charge in [-0.3, -0.25) is 0 Å². The summed E-state index contributed by atoms with van der Waals surface area (Å²) in [6, 6.07) is 3.73. The van der Waals surface area contributed by atoms with Gasteiger partial charge in [-0.1, -0.05) is 25.2 Å². The van der Waals surface area contributed by atoms with E-state index in [1.165, 1.54) is 19.2 Å². The smallest absolute Gasteiger partial charge is 0.243 e. The van der Waals surface area contributed by atoms with Crippen molar-refractivity contribution in [2.75, 3.05) is 13.6 Å². The van der Waals surface area contributed by atoms with E-state index in [1.807, 2.05) is 0 Å². The Balaban J connectivity index is 3.53.